The van der Waals surface area contributed by atoms with E-state index in [1.807, 2.05) is 30.9 Å². The van der Waals surface area contributed by atoms with E-state index in [1.54, 1.807) is 4.90 Å². The van der Waals surface area contributed by atoms with Crippen molar-refractivity contribution in [2.45, 2.75) is 112 Å². The van der Waals surface area contributed by atoms with Crippen molar-refractivity contribution in [3.8, 4) is 0 Å². The molecule has 2 atom stereocenters. The number of benzene rings is 1. The highest BCUT2D eigenvalue weighted by atomic mass is 35.5. The zero-order valence-electron chi connectivity index (χ0n) is 28.5. The zero-order valence-corrected chi connectivity index (χ0v) is 29.2. The van der Waals surface area contributed by atoms with Crippen molar-refractivity contribution < 1.29 is 18.8 Å². The summed E-state index contributed by atoms with van der Waals surface area (Å²) in [5, 5.41) is 3.75. The Balaban J connectivity index is 0.000000669. The minimum Gasteiger partial charge on any atom is -0.394 e. The first-order valence-electron chi connectivity index (χ1n) is 16.5. The summed E-state index contributed by atoms with van der Waals surface area (Å²) in [4.78, 5) is 45.6. The van der Waals surface area contributed by atoms with Crippen molar-refractivity contribution in [2.24, 2.45) is 16.6 Å². The predicted octanol–water partition coefficient (Wildman–Crippen LogP) is 6.31. The third kappa shape index (κ3) is 12.4. The predicted molar refractivity (Wildman–Crippen MR) is 182 cm³/mol. The van der Waals surface area contributed by atoms with Gasteiger partial charge in [-0.05, 0) is 82.4 Å². The van der Waals surface area contributed by atoms with Gasteiger partial charge in [-0.15, -0.1) is 0 Å². The van der Waals surface area contributed by atoms with Gasteiger partial charge in [0, 0.05) is 61.9 Å². The molecule has 1 heterocycles. The van der Waals surface area contributed by atoms with Gasteiger partial charge < -0.3 is 20.9 Å². The van der Waals surface area contributed by atoms with Crippen LogP contribution in [-0.2, 0) is 14.4 Å². The molecule has 45 heavy (non-hydrogen) atoms. The van der Waals surface area contributed by atoms with Gasteiger partial charge in [0.15, 0.2) is 0 Å². The number of aryl methyl sites for hydroxylation is 1. The van der Waals surface area contributed by atoms with E-state index in [1.165, 1.54) is 25.0 Å². The first-order valence-corrected chi connectivity index (χ1v) is 16.8. The minimum absolute atomic E-state index is 0.00659. The molecule has 2 fully saturated rings. The van der Waals surface area contributed by atoms with Crippen molar-refractivity contribution in [1.82, 2.24) is 15.1 Å². The van der Waals surface area contributed by atoms with Crippen molar-refractivity contribution in [2.75, 3.05) is 32.7 Å². The van der Waals surface area contributed by atoms with Crippen LogP contribution in [0.4, 0.5) is 4.39 Å². The number of carbonyl (C=O) groups is 3. The van der Waals surface area contributed by atoms with Gasteiger partial charge in [0.1, 0.15) is 17.9 Å². The number of amides is 3. The molecule has 2 unspecified atom stereocenters. The molecule has 1 aliphatic heterocycles. The number of piperidine rings is 1. The van der Waals surface area contributed by atoms with Crippen LogP contribution in [0.2, 0.25) is 5.02 Å². The SMILES string of the molecule is CCCN(CCC(C)CC)C(=O)CN=C1CCC(C)(F)C/C1=C(/N)C(=O)N1CCC(NC(C)=O)CC1.Cc1cccc(Cl)c1C. The zero-order chi connectivity index (χ0) is 33.7. The Morgan fingerprint density at radius 2 is 1.87 bits per heavy atom. The van der Waals surface area contributed by atoms with E-state index in [4.69, 9.17) is 17.3 Å². The van der Waals surface area contributed by atoms with Crippen LogP contribution < -0.4 is 11.1 Å². The van der Waals surface area contributed by atoms with Gasteiger partial charge in [0.05, 0.1) is 0 Å². The van der Waals surface area contributed by atoms with E-state index in [0.29, 0.717) is 62.6 Å². The molecule has 2 aliphatic rings. The van der Waals surface area contributed by atoms with Gasteiger partial charge in [-0.25, -0.2) is 4.39 Å². The Morgan fingerprint density at radius 1 is 1.20 bits per heavy atom. The molecule has 1 aromatic rings. The minimum atomic E-state index is -1.48. The van der Waals surface area contributed by atoms with Crippen LogP contribution in [0.15, 0.2) is 34.5 Å². The lowest BCUT2D eigenvalue weighted by molar-refractivity contribution is -0.130. The quantitative estimate of drug-likeness (QED) is 0.290. The molecule has 10 heteroatoms. The number of halogens is 2. The van der Waals surface area contributed by atoms with E-state index >= 15 is 0 Å². The molecule has 3 amide bonds. The van der Waals surface area contributed by atoms with E-state index in [2.05, 4.69) is 37.1 Å². The first kappa shape index (κ1) is 38.2. The van der Waals surface area contributed by atoms with Gasteiger partial charge in [-0.1, -0.05) is 50.9 Å². The van der Waals surface area contributed by atoms with Crippen LogP contribution in [0, 0.1) is 19.8 Å². The number of carbonyl (C=O) groups excluding carboxylic acids is 3. The molecule has 0 aromatic heterocycles. The smallest absolute Gasteiger partial charge is 0.270 e. The lowest BCUT2D eigenvalue weighted by Gasteiger charge is -2.34. The van der Waals surface area contributed by atoms with Crippen molar-refractivity contribution in [3.63, 3.8) is 0 Å². The fourth-order valence-corrected chi connectivity index (χ4v) is 5.74. The van der Waals surface area contributed by atoms with Crippen molar-refractivity contribution in [3.05, 3.63) is 45.6 Å². The van der Waals surface area contributed by atoms with Gasteiger partial charge >= 0.3 is 0 Å². The number of allylic oxidation sites excluding steroid dienone is 1. The highest BCUT2D eigenvalue weighted by Crippen LogP contribution is 2.35. The number of nitrogens with zero attached hydrogens (tertiary/aromatic N) is 3. The second-order valence-electron chi connectivity index (χ2n) is 12.9. The highest BCUT2D eigenvalue weighted by molar-refractivity contribution is 6.31. The van der Waals surface area contributed by atoms with Crippen molar-refractivity contribution >= 4 is 35.0 Å². The molecule has 1 aromatic carbocycles. The summed E-state index contributed by atoms with van der Waals surface area (Å²) in [6, 6.07) is 5.97. The van der Waals surface area contributed by atoms with Crippen LogP contribution in [0.5, 0.6) is 0 Å². The molecule has 3 N–H and O–H groups in total. The Hall–Kier alpha value is -2.94. The van der Waals surface area contributed by atoms with Crippen LogP contribution in [-0.4, -0.2) is 77.7 Å². The summed E-state index contributed by atoms with van der Waals surface area (Å²) in [5.74, 6) is 0.0843. The number of likely N-dealkylation sites (tertiary alicyclic amines) is 1. The van der Waals surface area contributed by atoms with Crippen LogP contribution >= 0.6 is 11.6 Å². The fourth-order valence-electron chi connectivity index (χ4n) is 5.52. The number of nitrogens with two attached hydrogens (primary N) is 1. The van der Waals surface area contributed by atoms with E-state index < -0.39 is 5.67 Å². The highest BCUT2D eigenvalue weighted by Gasteiger charge is 2.36. The number of hydrogen-bond donors (Lipinski definition) is 2. The Bertz CT molecular complexity index is 1200. The van der Waals surface area contributed by atoms with Crippen molar-refractivity contribution in [1.29, 1.82) is 0 Å². The second-order valence-corrected chi connectivity index (χ2v) is 13.3. The Morgan fingerprint density at radius 3 is 2.42 bits per heavy atom. The Kier molecular flexibility index (Phi) is 15.5. The summed E-state index contributed by atoms with van der Waals surface area (Å²) < 4.78 is 15.0. The molecule has 0 bridgehead atoms. The molecular weight excluding hydrogens is 593 g/mol. The topological polar surface area (TPSA) is 108 Å². The van der Waals surface area contributed by atoms with E-state index in [9.17, 15) is 18.8 Å². The monoisotopic (exact) mass is 647 g/mol. The normalized spacial score (nSPS) is 21.4. The maximum Gasteiger partial charge on any atom is 0.270 e. The maximum atomic E-state index is 15.0. The van der Waals surface area contributed by atoms with Gasteiger partial charge in [0.25, 0.3) is 5.91 Å². The van der Waals surface area contributed by atoms with E-state index in [0.717, 1.165) is 24.3 Å². The summed E-state index contributed by atoms with van der Waals surface area (Å²) in [7, 11) is 0. The average molecular weight is 648 g/mol. The molecule has 0 radical (unpaired) electrons. The molecule has 1 aliphatic carbocycles. The summed E-state index contributed by atoms with van der Waals surface area (Å²) >= 11 is 5.81. The lowest BCUT2D eigenvalue weighted by atomic mass is 9.81. The third-order valence-electron chi connectivity index (χ3n) is 8.90. The average Bonchev–Trinajstić information content (AvgIpc) is 3.00. The van der Waals surface area contributed by atoms with Gasteiger partial charge in [0.2, 0.25) is 11.8 Å². The van der Waals surface area contributed by atoms with Gasteiger partial charge in [-0.3, -0.25) is 19.4 Å². The summed E-state index contributed by atoms with van der Waals surface area (Å²) in [6.45, 7) is 15.8. The number of rotatable bonds is 10. The summed E-state index contributed by atoms with van der Waals surface area (Å²) in [6.07, 6.45) is 4.81. The number of alkyl halides is 1. The largest absolute Gasteiger partial charge is 0.394 e. The lowest BCUT2D eigenvalue weighted by Crippen LogP contribution is -2.47. The van der Waals surface area contributed by atoms with E-state index in [-0.39, 0.29) is 48.8 Å². The Labute approximate surface area is 275 Å². The second kappa shape index (κ2) is 18.3. The number of hydrogen-bond acceptors (Lipinski definition) is 5. The van der Waals surface area contributed by atoms with Crippen LogP contribution in [0.3, 0.4) is 0 Å². The van der Waals surface area contributed by atoms with Crippen LogP contribution in [0.25, 0.3) is 0 Å². The molecule has 1 saturated heterocycles. The standard InChI is InChI=1S/C27H46FN5O3.C8H9Cl/c1-6-13-32(14-9-19(3)7-2)24(35)18-30-23-8-12-27(5,28)17-22(23)25(29)26(36)33-15-10-21(11-16-33)31-20(4)34;1-6-4-3-5-8(9)7(6)2/h19,21H,6-18,29H2,1-5H3,(H,31,34);3-5H,1-2H3/b25-22-,30-23?;. The molecule has 0 spiro atoms. The summed E-state index contributed by atoms with van der Waals surface area (Å²) in [5.41, 5.74) is 8.30. The third-order valence-corrected chi connectivity index (χ3v) is 9.31. The number of aliphatic imine (C=N–C) groups is 1. The molecule has 1 saturated carbocycles. The maximum absolute atomic E-state index is 15.0. The molecular formula is C35H55ClFN5O3. The van der Waals surface area contributed by atoms with Crippen LogP contribution in [0.1, 0.15) is 97.1 Å². The van der Waals surface area contributed by atoms with Gasteiger partial charge in [-0.2, -0.15) is 0 Å². The molecule has 8 nitrogen and oxygen atoms in total. The first-order chi connectivity index (χ1) is 21.2. The molecule has 252 valence electrons. The molecule has 3 rings (SSSR count). The fraction of sp³-hybridized carbons (Fsp3) is 0.657. The number of nitrogens with one attached hydrogen (secondary N) is 1.